The topological polar surface area (TPSA) is 90.1 Å². The van der Waals surface area contributed by atoms with Gasteiger partial charge in [0, 0.05) is 82.8 Å². The number of aromatic nitrogens is 7. The van der Waals surface area contributed by atoms with Gasteiger partial charge < -0.3 is 13.7 Å². The van der Waals surface area contributed by atoms with Crippen molar-refractivity contribution in [3.8, 4) is 102 Å². The quantitative estimate of drug-likeness (QED) is 0.136. The first kappa shape index (κ1) is 54.8. The summed E-state index contributed by atoms with van der Waals surface area (Å²) in [4.78, 5) is 21.7. The van der Waals surface area contributed by atoms with Crippen molar-refractivity contribution < 1.29 is 0 Å². The molecule has 0 saturated carbocycles. The van der Waals surface area contributed by atoms with E-state index in [-0.39, 0.29) is 0 Å². The summed E-state index contributed by atoms with van der Waals surface area (Å²) < 4.78 is 7.06. The van der Waals surface area contributed by atoms with Crippen molar-refractivity contribution in [1.82, 2.24) is 33.6 Å². The van der Waals surface area contributed by atoms with E-state index in [1.54, 1.807) is 0 Å². The monoisotopic (exact) mass is 1190 g/mol. The summed E-state index contributed by atoms with van der Waals surface area (Å²) >= 11 is 0. The van der Waals surface area contributed by atoms with E-state index >= 15 is 0 Å². The molecule has 17 rings (SSSR count). The minimum atomic E-state index is 0.548. The average molecular weight is 1190 g/mol. The molecule has 0 atom stereocenters. The van der Waals surface area contributed by atoms with Gasteiger partial charge in [0.1, 0.15) is 0 Å². The minimum absolute atomic E-state index is 0.548. The summed E-state index contributed by atoms with van der Waals surface area (Å²) in [5.41, 5.74) is 25.3. The van der Waals surface area contributed by atoms with E-state index in [0.717, 1.165) is 122 Å². The van der Waals surface area contributed by atoms with Crippen molar-refractivity contribution in [2.24, 2.45) is 0 Å². The van der Waals surface area contributed by atoms with Gasteiger partial charge in [0.25, 0.3) is 0 Å². The highest BCUT2D eigenvalue weighted by molar-refractivity contribution is 6.12. The van der Waals surface area contributed by atoms with Crippen LogP contribution in [0.15, 0.2) is 279 Å². The van der Waals surface area contributed by atoms with Gasteiger partial charge in [-0.05, 0) is 160 Å². The molecule has 5 aromatic heterocycles. The van der Waals surface area contributed by atoms with Gasteiger partial charge in [0.2, 0.25) is 0 Å². The Labute approximate surface area is 537 Å². The zero-order valence-corrected chi connectivity index (χ0v) is 51.6. The number of para-hydroxylation sites is 1. The molecule has 0 unspecified atom stereocenters. The molecule has 0 aliphatic carbocycles. The number of benzene rings is 12. The van der Waals surface area contributed by atoms with Gasteiger partial charge in [0.15, 0.2) is 17.5 Å². The molecule has 0 fully saturated rings. The summed E-state index contributed by atoms with van der Waals surface area (Å²) in [6.07, 6.45) is 0. The van der Waals surface area contributed by atoms with Gasteiger partial charge in [-0.15, -0.1) is 0 Å². The van der Waals surface area contributed by atoms with Crippen molar-refractivity contribution in [2.75, 3.05) is 0 Å². The normalized spacial score (nSPS) is 11.6. The molecule has 5 heterocycles. The van der Waals surface area contributed by atoms with E-state index in [1.807, 2.05) is 48.5 Å². The van der Waals surface area contributed by atoms with Gasteiger partial charge in [-0.3, -0.25) is 0 Å². The Balaban J connectivity index is 0.917. The van der Waals surface area contributed by atoms with Crippen LogP contribution in [0.3, 0.4) is 0 Å². The Bertz CT molecular complexity index is 5710. The molecule has 438 valence electrons. The number of pyridine rings is 1. The zero-order valence-electron chi connectivity index (χ0n) is 51.6. The van der Waals surface area contributed by atoms with Crippen LogP contribution in [0.5, 0.6) is 0 Å². The molecule has 0 bridgehead atoms. The van der Waals surface area contributed by atoms with E-state index in [1.165, 1.54) is 43.8 Å². The lowest BCUT2D eigenvalue weighted by atomic mass is 9.87. The van der Waals surface area contributed by atoms with E-state index < -0.39 is 0 Å². The molecular formula is C85H58N8. The number of hydrogen-bond donors (Lipinski definition) is 0. The fraction of sp³-hybridized carbons (Fsp3) is 0.0471. The Kier molecular flexibility index (Phi) is 13.0. The van der Waals surface area contributed by atoms with Gasteiger partial charge >= 0.3 is 0 Å². The maximum Gasteiger partial charge on any atom is 0.164 e. The van der Waals surface area contributed by atoms with E-state index in [2.05, 4.69) is 278 Å². The zero-order chi connectivity index (χ0) is 62.4. The summed E-state index contributed by atoms with van der Waals surface area (Å²) in [6, 6.07) is 102. The maximum atomic E-state index is 10.0. The standard InChI is InChI=1S/C85H58N8/c1-52-23-40-76-68(45-52)69-46-53(2)24-41-77(69)92(76)62-34-28-57(29-35-62)74-50-73(65-19-11-12-21-67(65)85-89-83(60-15-7-5-8-16-60)88-84(90-85)61-17-9-6-10-18-61)81(58-30-36-63(37-31-58)91-75-22-14-13-20-66(75)72-49-56(51-86)27-44-80(72)91)82(87-74)59-32-38-64(39-33-59)93-78-42-25-54(3)47-70(78)71-48-55(4)26-43-79(71)93/h5-50H,1-4H3. The van der Waals surface area contributed by atoms with Crippen LogP contribution in [-0.2, 0) is 0 Å². The van der Waals surface area contributed by atoms with E-state index in [4.69, 9.17) is 19.9 Å². The number of hydrogen-bond acceptors (Lipinski definition) is 5. The number of fused-ring (bicyclic) bond motifs is 9. The van der Waals surface area contributed by atoms with Crippen LogP contribution in [0.1, 0.15) is 27.8 Å². The maximum absolute atomic E-state index is 10.0. The first-order chi connectivity index (χ1) is 45.7. The molecule has 0 saturated heterocycles. The largest absolute Gasteiger partial charge is 0.309 e. The van der Waals surface area contributed by atoms with Crippen molar-refractivity contribution in [3.05, 3.63) is 307 Å². The summed E-state index contributed by atoms with van der Waals surface area (Å²) in [6.45, 7) is 8.66. The van der Waals surface area contributed by atoms with E-state index in [0.29, 0.717) is 23.0 Å². The smallest absolute Gasteiger partial charge is 0.164 e. The number of rotatable bonds is 10. The first-order valence-corrected chi connectivity index (χ1v) is 31.5. The van der Waals surface area contributed by atoms with Gasteiger partial charge in [-0.2, -0.15) is 5.26 Å². The van der Waals surface area contributed by atoms with Crippen molar-refractivity contribution in [3.63, 3.8) is 0 Å². The molecule has 93 heavy (non-hydrogen) atoms. The molecular weight excluding hydrogens is 1130 g/mol. The molecule has 0 aliphatic rings. The third kappa shape index (κ3) is 9.36. The second-order valence-electron chi connectivity index (χ2n) is 24.5. The molecule has 0 spiro atoms. The van der Waals surface area contributed by atoms with Crippen LogP contribution in [-0.4, -0.2) is 33.6 Å². The lowest BCUT2D eigenvalue weighted by Gasteiger charge is -2.21. The van der Waals surface area contributed by atoms with Crippen molar-refractivity contribution in [2.45, 2.75) is 27.7 Å². The SMILES string of the molecule is Cc1ccc2c(c1)c1cc(C)ccc1n2-c1ccc(-c2cc(-c3ccccc3-c3nc(-c4ccccc4)nc(-c4ccccc4)n3)c(-c3ccc(-n4c5ccccc5c5cc(C#N)ccc54)cc3)c(-c3ccc(-n4c5ccc(C)cc5c5cc(C)ccc54)cc3)n2)cc1. The highest BCUT2D eigenvalue weighted by Gasteiger charge is 2.25. The number of nitrogens with zero attached hydrogens (tertiary/aromatic N) is 8. The third-order valence-electron chi connectivity index (χ3n) is 18.4. The molecule has 0 aliphatic heterocycles. The Morgan fingerprint density at radius 1 is 0.280 bits per heavy atom. The Morgan fingerprint density at radius 3 is 1.15 bits per heavy atom. The first-order valence-electron chi connectivity index (χ1n) is 31.5. The summed E-state index contributed by atoms with van der Waals surface area (Å²) in [5.74, 6) is 1.71. The molecule has 12 aromatic carbocycles. The molecule has 0 amide bonds. The molecule has 0 N–H and O–H groups in total. The predicted molar refractivity (Wildman–Crippen MR) is 382 cm³/mol. The van der Waals surface area contributed by atoms with E-state index in [9.17, 15) is 5.26 Å². The predicted octanol–water partition coefficient (Wildman–Crippen LogP) is 21.3. The Hall–Kier alpha value is -12.3. The summed E-state index contributed by atoms with van der Waals surface area (Å²) in [5, 5.41) is 17.1. The van der Waals surface area contributed by atoms with Crippen LogP contribution in [0.2, 0.25) is 0 Å². The number of aryl methyl sites for hydroxylation is 4. The average Bonchev–Trinajstić information content (AvgIpc) is 1.75. The molecule has 0 radical (unpaired) electrons. The van der Waals surface area contributed by atoms with Gasteiger partial charge in [0.05, 0.1) is 56.1 Å². The van der Waals surface area contributed by atoms with Crippen LogP contribution in [0.4, 0.5) is 0 Å². The third-order valence-corrected chi connectivity index (χ3v) is 18.4. The van der Waals surface area contributed by atoms with Crippen LogP contribution >= 0.6 is 0 Å². The number of nitriles is 1. The van der Waals surface area contributed by atoms with Crippen LogP contribution < -0.4 is 0 Å². The fourth-order valence-corrected chi connectivity index (χ4v) is 14.0. The second kappa shape index (κ2) is 22.0. The van der Waals surface area contributed by atoms with Crippen LogP contribution in [0, 0.1) is 39.0 Å². The van der Waals surface area contributed by atoms with Crippen LogP contribution in [0.25, 0.3) is 161 Å². The fourth-order valence-electron chi connectivity index (χ4n) is 14.0. The Morgan fingerprint density at radius 2 is 0.667 bits per heavy atom. The highest BCUT2D eigenvalue weighted by Crippen LogP contribution is 2.46. The second-order valence-corrected chi connectivity index (χ2v) is 24.5. The van der Waals surface area contributed by atoms with Crippen molar-refractivity contribution in [1.29, 1.82) is 5.26 Å². The lowest BCUT2D eigenvalue weighted by molar-refractivity contribution is 1.07. The highest BCUT2D eigenvalue weighted by atomic mass is 15.0. The minimum Gasteiger partial charge on any atom is -0.309 e. The van der Waals surface area contributed by atoms with Gasteiger partial charge in [-0.25, -0.2) is 19.9 Å². The lowest BCUT2D eigenvalue weighted by Crippen LogP contribution is -2.02. The van der Waals surface area contributed by atoms with Crippen molar-refractivity contribution >= 4 is 65.4 Å². The molecule has 17 aromatic rings. The molecule has 8 nitrogen and oxygen atoms in total. The molecule has 8 heteroatoms. The summed E-state index contributed by atoms with van der Waals surface area (Å²) in [7, 11) is 0. The van der Waals surface area contributed by atoms with Gasteiger partial charge in [-0.1, -0.05) is 186 Å².